The van der Waals surface area contributed by atoms with Crippen LogP contribution in [0.3, 0.4) is 0 Å². The highest BCUT2D eigenvalue weighted by atomic mass is 35.5. The molecule has 0 amide bonds. The first kappa shape index (κ1) is 13.9. The number of anilines is 1. The summed E-state index contributed by atoms with van der Waals surface area (Å²) in [5.74, 6) is -0.589. The maximum atomic E-state index is 13.2. The van der Waals surface area contributed by atoms with Crippen LogP contribution in [0.5, 0.6) is 0 Å². The molecule has 0 spiro atoms. The molecule has 1 nitrogen and oxygen atoms in total. The Kier molecular flexibility index (Phi) is 4.83. The van der Waals surface area contributed by atoms with Gasteiger partial charge in [-0.1, -0.05) is 65.7 Å². The first-order valence-electron chi connectivity index (χ1n) is 5.77. The molecule has 2 rings (SSSR count). The summed E-state index contributed by atoms with van der Waals surface area (Å²) in [7, 11) is 0. The quantitative estimate of drug-likeness (QED) is 0.759. The highest BCUT2D eigenvalue weighted by Crippen LogP contribution is 2.27. The maximum absolute atomic E-state index is 13.2. The smallest absolute Gasteiger partial charge is 0.160 e. The molecule has 0 fully saturated rings. The van der Waals surface area contributed by atoms with E-state index in [1.807, 2.05) is 42.5 Å². The summed E-state index contributed by atoms with van der Waals surface area (Å²) in [4.78, 5) is 0. The molecule has 0 aromatic heterocycles. The van der Waals surface area contributed by atoms with Gasteiger partial charge in [-0.25, -0.2) is 4.39 Å². The van der Waals surface area contributed by atoms with Crippen molar-refractivity contribution in [1.82, 2.24) is 0 Å². The van der Waals surface area contributed by atoms with Crippen LogP contribution in [0, 0.1) is 5.82 Å². The second-order valence-corrected chi connectivity index (χ2v) is 4.76. The number of benzene rings is 2. The topological polar surface area (TPSA) is 12.0 Å². The third-order valence-corrected chi connectivity index (χ3v) is 3.07. The minimum absolute atomic E-state index is 0.0158. The fourth-order valence-corrected chi connectivity index (χ4v) is 2.08. The van der Waals surface area contributed by atoms with Crippen molar-refractivity contribution in [2.24, 2.45) is 0 Å². The third-order valence-electron chi connectivity index (χ3n) is 2.52. The van der Waals surface area contributed by atoms with Crippen molar-refractivity contribution in [2.45, 2.75) is 0 Å². The lowest BCUT2D eigenvalue weighted by molar-refractivity contribution is 0.629. The van der Waals surface area contributed by atoms with Crippen LogP contribution in [-0.4, -0.2) is 6.54 Å². The van der Waals surface area contributed by atoms with Gasteiger partial charge in [0.25, 0.3) is 0 Å². The van der Waals surface area contributed by atoms with Crippen LogP contribution in [0.1, 0.15) is 5.56 Å². The van der Waals surface area contributed by atoms with E-state index in [0.29, 0.717) is 12.2 Å². The van der Waals surface area contributed by atoms with Gasteiger partial charge in [0.05, 0.1) is 10.0 Å². The molecule has 19 heavy (non-hydrogen) atoms. The lowest BCUT2D eigenvalue weighted by Gasteiger charge is -2.05. The number of nitrogens with one attached hydrogen (secondary N) is 1. The number of halogens is 3. The molecule has 1 N–H and O–H groups in total. The van der Waals surface area contributed by atoms with Gasteiger partial charge in [0.15, 0.2) is 5.82 Å². The molecule has 0 bridgehead atoms. The zero-order valence-electron chi connectivity index (χ0n) is 10.0. The fourth-order valence-electron chi connectivity index (χ4n) is 1.59. The molecular formula is C15H12Cl2FN. The van der Waals surface area contributed by atoms with Crippen molar-refractivity contribution in [3.63, 3.8) is 0 Å². The lowest BCUT2D eigenvalue weighted by atomic mass is 10.2. The summed E-state index contributed by atoms with van der Waals surface area (Å²) >= 11 is 11.4. The summed E-state index contributed by atoms with van der Waals surface area (Å²) < 4.78 is 13.2. The summed E-state index contributed by atoms with van der Waals surface area (Å²) in [6.07, 6.45) is 3.97. The van der Waals surface area contributed by atoms with E-state index < -0.39 is 5.82 Å². The normalized spacial score (nSPS) is 10.9. The minimum Gasteiger partial charge on any atom is -0.381 e. The average Bonchev–Trinajstić information content (AvgIpc) is 2.42. The summed E-state index contributed by atoms with van der Waals surface area (Å²) in [6, 6.07) is 13.0. The maximum Gasteiger partial charge on any atom is 0.160 e. The minimum atomic E-state index is -0.589. The molecule has 0 aliphatic rings. The van der Waals surface area contributed by atoms with Crippen LogP contribution >= 0.6 is 23.2 Å². The van der Waals surface area contributed by atoms with Crippen molar-refractivity contribution >= 4 is 35.0 Å². The van der Waals surface area contributed by atoms with Gasteiger partial charge in [-0.15, -0.1) is 0 Å². The predicted octanol–water partition coefficient (Wildman–Crippen LogP) is 5.26. The van der Waals surface area contributed by atoms with E-state index in [1.54, 1.807) is 0 Å². The Labute approximate surface area is 121 Å². The van der Waals surface area contributed by atoms with Gasteiger partial charge in [-0.05, 0) is 17.7 Å². The zero-order valence-corrected chi connectivity index (χ0v) is 11.5. The van der Waals surface area contributed by atoms with Crippen LogP contribution < -0.4 is 5.32 Å². The Morgan fingerprint density at radius 3 is 2.32 bits per heavy atom. The highest BCUT2D eigenvalue weighted by molar-refractivity contribution is 6.35. The van der Waals surface area contributed by atoms with Crippen molar-refractivity contribution in [3.8, 4) is 0 Å². The molecule has 0 aliphatic carbocycles. The third kappa shape index (κ3) is 3.98. The van der Waals surface area contributed by atoms with Crippen LogP contribution in [0.25, 0.3) is 6.08 Å². The standard InChI is InChI=1S/C15H12Cl2FN/c16-13-9-12(10-14(17)15(13)18)19-8-4-7-11-5-2-1-3-6-11/h1-7,9-10,19H,8H2/b7-4+. The Bertz CT molecular complexity index is 559. The first-order chi connectivity index (χ1) is 9.16. The number of hydrogen-bond acceptors (Lipinski definition) is 1. The molecule has 4 heteroatoms. The van der Waals surface area contributed by atoms with Crippen molar-refractivity contribution in [3.05, 3.63) is 70.0 Å². The van der Waals surface area contributed by atoms with E-state index in [0.717, 1.165) is 5.56 Å². The van der Waals surface area contributed by atoms with Crippen molar-refractivity contribution in [1.29, 1.82) is 0 Å². The second-order valence-electron chi connectivity index (χ2n) is 3.95. The molecule has 0 radical (unpaired) electrons. The van der Waals surface area contributed by atoms with Crippen LogP contribution in [-0.2, 0) is 0 Å². The number of hydrogen-bond donors (Lipinski definition) is 1. The average molecular weight is 296 g/mol. The van der Waals surface area contributed by atoms with E-state index in [2.05, 4.69) is 5.32 Å². The van der Waals surface area contributed by atoms with E-state index in [9.17, 15) is 4.39 Å². The first-order valence-corrected chi connectivity index (χ1v) is 6.52. The summed E-state index contributed by atoms with van der Waals surface area (Å²) in [5.41, 5.74) is 1.81. The van der Waals surface area contributed by atoms with Gasteiger partial charge in [0.1, 0.15) is 0 Å². The van der Waals surface area contributed by atoms with E-state index in [1.165, 1.54) is 12.1 Å². The second kappa shape index (κ2) is 6.60. The van der Waals surface area contributed by atoms with Gasteiger partial charge in [-0.2, -0.15) is 0 Å². The van der Waals surface area contributed by atoms with Crippen LogP contribution in [0.4, 0.5) is 10.1 Å². The van der Waals surface area contributed by atoms with Gasteiger partial charge in [0, 0.05) is 12.2 Å². The van der Waals surface area contributed by atoms with Gasteiger partial charge < -0.3 is 5.32 Å². The Balaban J connectivity index is 1.95. The van der Waals surface area contributed by atoms with E-state index >= 15 is 0 Å². The molecule has 0 saturated heterocycles. The van der Waals surface area contributed by atoms with E-state index in [-0.39, 0.29) is 10.0 Å². The lowest BCUT2D eigenvalue weighted by Crippen LogP contribution is -1.98. The highest BCUT2D eigenvalue weighted by Gasteiger charge is 2.06. The molecule has 0 unspecified atom stereocenters. The summed E-state index contributed by atoms with van der Waals surface area (Å²) in [5, 5.41) is 3.13. The van der Waals surface area contributed by atoms with E-state index in [4.69, 9.17) is 23.2 Å². The molecule has 98 valence electrons. The molecule has 0 heterocycles. The molecular weight excluding hydrogens is 284 g/mol. The van der Waals surface area contributed by atoms with Crippen molar-refractivity contribution in [2.75, 3.05) is 11.9 Å². The number of rotatable bonds is 4. The zero-order chi connectivity index (χ0) is 13.7. The largest absolute Gasteiger partial charge is 0.381 e. The summed E-state index contributed by atoms with van der Waals surface area (Å²) in [6.45, 7) is 0.604. The molecule has 2 aromatic rings. The van der Waals surface area contributed by atoms with Crippen LogP contribution in [0.15, 0.2) is 48.5 Å². The SMILES string of the molecule is Fc1c(Cl)cc(NC/C=C/c2ccccc2)cc1Cl. The van der Waals surface area contributed by atoms with Gasteiger partial charge >= 0.3 is 0 Å². The molecule has 0 saturated carbocycles. The Morgan fingerprint density at radius 1 is 1.05 bits per heavy atom. The van der Waals surface area contributed by atoms with Gasteiger partial charge in [0.2, 0.25) is 0 Å². The van der Waals surface area contributed by atoms with Crippen LogP contribution in [0.2, 0.25) is 10.0 Å². The molecule has 2 aromatic carbocycles. The van der Waals surface area contributed by atoms with Crippen molar-refractivity contribution < 1.29 is 4.39 Å². The Morgan fingerprint density at radius 2 is 1.68 bits per heavy atom. The molecule has 0 atom stereocenters. The monoisotopic (exact) mass is 295 g/mol. The fraction of sp³-hybridized carbons (Fsp3) is 0.0667. The Hall–Kier alpha value is -1.51. The molecule has 0 aliphatic heterocycles. The predicted molar refractivity (Wildman–Crippen MR) is 80.4 cm³/mol. The van der Waals surface area contributed by atoms with Gasteiger partial charge in [-0.3, -0.25) is 0 Å².